The van der Waals surface area contributed by atoms with Gasteiger partial charge in [-0.25, -0.2) is 0 Å². The summed E-state index contributed by atoms with van der Waals surface area (Å²) in [5.74, 6) is 7.14. The lowest BCUT2D eigenvalue weighted by atomic mass is 10.1. The Kier molecular flexibility index (Phi) is 6.79. The molecule has 0 unspecified atom stereocenters. The summed E-state index contributed by atoms with van der Waals surface area (Å²) in [6, 6.07) is 10.5. The molecule has 0 nitrogen and oxygen atoms in total. The van der Waals surface area contributed by atoms with Gasteiger partial charge in [-0.1, -0.05) is 30.3 Å². The van der Waals surface area contributed by atoms with Crippen LogP contribution < -0.4 is 0 Å². The van der Waals surface area contributed by atoms with E-state index in [1.807, 2.05) is 6.07 Å². The van der Waals surface area contributed by atoms with Gasteiger partial charge in [0.15, 0.2) is 0 Å². The van der Waals surface area contributed by atoms with Gasteiger partial charge in [0.25, 0.3) is 0 Å². The molecule has 0 heterocycles. The van der Waals surface area contributed by atoms with Crippen molar-refractivity contribution in [2.75, 3.05) is 5.88 Å². The summed E-state index contributed by atoms with van der Waals surface area (Å²) in [5.41, 5.74) is 1.37. The van der Waals surface area contributed by atoms with Crippen LogP contribution in [-0.4, -0.2) is 5.88 Å². The Balaban J connectivity index is 2.11. The van der Waals surface area contributed by atoms with Crippen LogP contribution >= 0.6 is 11.6 Å². The fourth-order valence-corrected chi connectivity index (χ4v) is 1.53. The molecule has 1 heteroatoms. The fourth-order valence-electron chi connectivity index (χ4n) is 1.34. The Labute approximate surface area is 97.7 Å². The number of benzene rings is 1. The lowest BCUT2D eigenvalue weighted by Crippen LogP contribution is -1.81. The first-order valence-electron chi connectivity index (χ1n) is 5.49. The summed E-state index contributed by atoms with van der Waals surface area (Å²) in [6.45, 7) is 0. The Morgan fingerprint density at radius 2 is 1.67 bits per heavy atom. The summed E-state index contributed by atoms with van der Waals surface area (Å²) >= 11 is 5.57. The molecule has 0 aliphatic rings. The number of unbranched alkanes of at least 4 members (excludes halogenated alkanes) is 2. The molecule has 1 aromatic rings. The van der Waals surface area contributed by atoms with Gasteiger partial charge >= 0.3 is 0 Å². The van der Waals surface area contributed by atoms with Gasteiger partial charge in [-0.05, 0) is 24.8 Å². The van der Waals surface area contributed by atoms with Crippen LogP contribution in [0.1, 0.15) is 31.2 Å². The number of alkyl halides is 1. The zero-order valence-corrected chi connectivity index (χ0v) is 9.76. The predicted octanol–water partition coefficient (Wildman–Crippen LogP) is 4.03. The molecule has 0 fully saturated rings. The van der Waals surface area contributed by atoms with E-state index in [-0.39, 0.29) is 0 Å². The molecular weight excluding hydrogens is 204 g/mol. The summed E-state index contributed by atoms with van der Waals surface area (Å²) in [4.78, 5) is 0. The molecule has 0 bridgehead atoms. The third-order valence-corrected chi connectivity index (χ3v) is 2.46. The highest BCUT2D eigenvalue weighted by molar-refractivity contribution is 6.17. The van der Waals surface area contributed by atoms with Gasteiger partial charge < -0.3 is 0 Å². The third-order valence-electron chi connectivity index (χ3n) is 2.19. The SMILES string of the molecule is ClCCCCC#CCCc1ccccc1. The zero-order chi connectivity index (χ0) is 10.8. The van der Waals surface area contributed by atoms with Gasteiger partial charge in [0.05, 0.1) is 0 Å². The van der Waals surface area contributed by atoms with Crippen molar-refractivity contribution in [3.05, 3.63) is 35.9 Å². The van der Waals surface area contributed by atoms with E-state index in [2.05, 4.69) is 36.1 Å². The van der Waals surface area contributed by atoms with Crippen LogP contribution in [0.25, 0.3) is 0 Å². The van der Waals surface area contributed by atoms with E-state index < -0.39 is 0 Å². The summed E-state index contributed by atoms with van der Waals surface area (Å²) in [7, 11) is 0. The van der Waals surface area contributed by atoms with E-state index in [4.69, 9.17) is 11.6 Å². The lowest BCUT2D eigenvalue weighted by Gasteiger charge is -1.94. The molecule has 0 saturated carbocycles. The summed E-state index contributed by atoms with van der Waals surface area (Å²) < 4.78 is 0. The van der Waals surface area contributed by atoms with Gasteiger partial charge in [0, 0.05) is 18.7 Å². The van der Waals surface area contributed by atoms with Crippen molar-refractivity contribution in [1.82, 2.24) is 0 Å². The maximum Gasteiger partial charge on any atom is 0.0223 e. The molecule has 0 spiro atoms. The van der Waals surface area contributed by atoms with E-state index in [1.165, 1.54) is 5.56 Å². The van der Waals surface area contributed by atoms with E-state index >= 15 is 0 Å². The smallest absolute Gasteiger partial charge is 0.0223 e. The van der Waals surface area contributed by atoms with Crippen LogP contribution in [0.5, 0.6) is 0 Å². The minimum Gasteiger partial charge on any atom is -0.127 e. The van der Waals surface area contributed by atoms with E-state index in [9.17, 15) is 0 Å². The lowest BCUT2D eigenvalue weighted by molar-refractivity contribution is 0.832. The van der Waals surface area contributed by atoms with E-state index in [1.54, 1.807) is 0 Å². The van der Waals surface area contributed by atoms with E-state index in [0.29, 0.717) is 0 Å². The molecule has 0 aromatic heterocycles. The van der Waals surface area contributed by atoms with Crippen molar-refractivity contribution in [2.45, 2.75) is 32.1 Å². The number of hydrogen-bond donors (Lipinski definition) is 0. The monoisotopic (exact) mass is 220 g/mol. The minimum atomic E-state index is 0.756. The molecule has 0 aliphatic heterocycles. The Bertz CT molecular complexity index is 305. The van der Waals surface area contributed by atoms with Crippen LogP contribution in [0.15, 0.2) is 30.3 Å². The first-order chi connectivity index (χ1) is 7.43. The quantitative estimate of drug-likeness (QED) is 0.399. The van der Waals surface area contributed by atoms with Gasteiger partial charge in [-0.2, -0.15) is 0 Å². The van der Waals surface area contributed by atoms with Gasteiger partial charge in [-0.3, -0.25) is 0 Å². The Morgan fingerprint density at radius 1 is 0.933 bits per heavy atom. The normalized spacial score (nSPS) is 9.40. The summed E-state index contributed by atoms with van der Waals surface area (Å²) in [5, 5.41) is 0. The van der Waals surface area contributed by atoms with Crippen LogP contribution in [-0.2, 0) is 6.42 Å². The van der Waals surface area contributed by atoms with Crippen molar-refractivity contribution in [1.29, 1.82) is 0 Å². The molecule has 0 N–H and O–H groups in total. The largest absolute Gasteiger partial charge is 0.127 e. The molecule has 15 heavy (non-hydrogen) atoms. The number of rotatable bonds is 5. The van der Waals surface area contributed by atoms with Crippen LogP contribution in [0.2, 0.25) is 0 Å². The fraction of sp³-hybridized carbons (Fsp3) is 0.429. The van der Waals surface area contributed by atoms with Crippen molar-refractivity contribution >= 4 is 11.6 Å². The maximum absolute atomic E-state index is 5.57. The molecular formula is C14H17Cl. The van der Waals surface area contributed by atoms with Gasteiger partial charge in [0.1, 0.15) is 0 Å². The third kappa shape index (κ3) is 6.20. The molecule has 0 radical (unpaired) electrons. The molecule has 0 saturated heterocycles. The van der Waals surface area contributed by atoms with Crippen molar-refractivity contribution < 1.29 is 0 Å². The van der Waals surface area contributed by atoms with Gasteiger partial charge in [0.2, 0.25) is 0 Å². The predicted molar refractivity (Wildman–Crippen MR) is 67.1 cm³/mol. The first kappa shape index (κ1) is 12.1. The minimum absolute atomic E-state index is 0.756. The molecule has 0 atom stereocenters. The van der Waals surface area contributed by atoms with Crippen molar-refractivity contribution in [3.63, 3.8) is 0 Å². The Hall–Kier alpha value is -0.930. The van der Waals surface area contributed by atoms with Gasteiger partial charge in [-0.15, -0.1) is 23.4 Å². The molecule has 1 aromatic carbocycles. The van der Waals surface area contributed by atoms with Crippen molar-refractivity contribution in [3.8, 4) is 11.8 Å². The topological polar surface area (TPSA) is 0 Å². The number of hydrogen-bond acceptors (Lipinski definition) is 0. The van der Waals surface area contributed by atoms with Crippen LogP contribution in [0.4, 0.5) is 0 Å². The van der Waals surface area contributed by atoms with Crippen molar-refractivity contribution in [2.24, 2.45) is 0 Å². The number of aryl methyl sites for hydroxylation is 1. The second-order valence-corrected chi connectivity index (χ2v) is 3.86. The van der Waals surface area contributed by atoms with Crippen LogP contribution in [0.3, 0.4) is 0 Å². The maximum atomic E-state index is 5.57. The highest BCUT2D eigenvalue weighted by Gasteiger charge is 1.87. The molecule has 80 valence electrons. The zero-order valence-electron chi connectivity index (χ0n) is 9.01. The van der Waals surface area contributed by atoms with Crippen LogP contribution in [0, 0.1) is 11.8 Å². The highest BCUT2D eigenvalue weighted by atomic mass is 35.5. The second-order valence-electron chi connectivity index (χ2n) is 3.49. The first-order valence-corrected chi connectivity index (χ1v) is 6.02. The average molecular weight is 221 g/mol. The average Bonchev–Trinajstić information content (AvgIpc) is 2.29. The van der Waals surface area contributed by atoms with E-state index in [0.717, 1.165) is 38.0 Å². The standard InChI is InChI=1S/C14H17Cl/c15-13-9-4-2-1-3-6-10-14-11-7-5-8-12-14/h5,7-8,11-12H,2,4,6,9-10,13H2. The molecule has 0 aliphatic carbocycles. The number of halogens is 1. The Morgan fingerprint density at radius 3 is 2.40 bits per heavy atom. The second kappa shape index (κ2) is 8.38. The molecule has 1 rings (SSSR count). The molecule has 0 amide bonds. The summed E-state index contributed by atoms with van der Waals surface area (Å²) in [6.07, 6.45) is 5.21. The highest BCUT2D eigenvalue weighted by Crippen LogP contribution is 2.01.